The molecule has 1 rings (SSSR count). The number of nitrogens with one attached hydrogen (secondary N) is 2. The van der Waals surface area contributed by atoms with E-state index in [0.29, 0.717) is 18.5 Å². The maximum absolute atomic E-state index is 5.49. The third-order valence-electron chi connectivity index (χ3n) is 3.15. The van der Waals surface area contributed by atoms with Crippen LogP contribution in [0.2, 0.25) is 0 Å². The van der Waals surface area contributed by atoms with Crippen molar-refractivity contribution in [1.29, 1.82) is 0 Å². The first-order valence-electron chi connectivity index (χ1n) is 7.99. The van der Waals surface area contributed by atoms with Crippen molar-refractivity contribution in [2.24, 2.45) is 5.92 Å². The van der Waals surface area contributed by atoms with Crippen LogP contribution < -0.4 is 10.6 Å². The molecule has 0 aliphatic heterocycles. The van der Waals surface area contributed by atoms with Crippen LogP contribution in [0.5, 0.6) is 0 Å². The van der Waals surface area contributed by atoms with E-state index in [1.54, 1.807) is 0 Å². The summed E-state index contributed by atoms with van der Waals surface area (Å²) in [5, 5.41) is 14.4. The molecule has 1 aromatic rings. The molecule has 116 valence electrons. The first-order chi connectivity index (χ1) is 9.72. The van der Waals surface area contributed by atoms with Crippen molar-refractivity contribution in [1.82, 2.24) is 15.5 Å². The minimum atomic E-state index is 0.542. The largest absolute Gasteiger partial charge is 0.407 e. The van der Waals surface area contributed by atoms with E-state index in [2.05, 4.69) is 41.6 Å². The third kappa shape index (κ3) is 8.15. The summed E-state index contributed by atoms with van der Waals surface area (Å²) >= 11 is 0. The predicted octanol–water partition coefficient (Wildman–Crippen LogP) is 3.59. The molecule has 0 saturated heterocycles. The zero-order valence-corrected chi connectivity index (χ0v) is 13.2. The van der Waals surface area contributed by atoms with E-state index in [4.69, 9.17) is 4.42 Å². The first-order valence-corrected chi connectivity index (χ1v) is 7.99. The highest BCUT2D eigenvalue weighted by Crippen LogP contribution is 2.10. The second-order valence-corrected chi connectivity index (χ2v) is 5.70. The van der Waals surface area contributed by atoms with E-state index in [1.165, 1.54) is 25.7 Å². The van der Waals surface area contributed by atoms with Crippen molar-refractivity contribution in [3.63, 3.8) is 0 Å². The fourth-order valence-corrected chi connectivity index (χ4v) is 2.00. The Morgan fingerprint density at radius 2 is 1.85 bits per heavy atom. The second-order valence-electron chi connectivity index (χ2n) is 5.70. The Balaban J connectivity index is 2.01. The number of anilines is 1. The van der Waals surface area contributed by atoms with Crippen molar-refractivity contribution in [2.45, 2.75) is 65.8 Å². The maximum atomic E-state index is 5.49. The molecule has 0 spiro atoms. The molecule has 0 fully saturated rings. The van der Waals surface area contributed by atoms with Gasteiger partial charge in [-0.1, -0.05) is 51.6 Å². The summed E-state index contributed by atoms with van der Waals surface area (Å²) in [7, 11) is 0. The van der Waals surface area contributed by atoms with Crippen LogP contribution >= 0.6 is 0 Å². The van der Waals surface area contributed by atoms with Crippen molar-refractivity contribution in [3.05, 3.63) is 5.89 Å². The Bertz CT molecular complexity index is 338. The van der Waals surface area contributed by atoms with Crippen LogP contribution in [0.3, 0.4) is 0 Å². The van der Waals surface area contributed by atoms with Crippen LogP contribution in [0.4, 0.5) is 6.01 Å². The minimum Gasteiger partial charge on any atom is -0.407 e. The number of hydrogen-bond acceptors (Lipinski definition) is 5. The fourth-order valence-electron chi connectivity index (χ4n) is 2.00. The summed E-state index contributed by atoms with van der Waals surface area (Å²) < 4.78 is 5.49. The molecule has 1 aromatic heterocycles. The average molecular weight is 282 g/mol. The van der Waals surface area contributed by atoms with Gasteiger partial charge in [-0.2, -0.15) is 0 Å². The molecule has 0 amide bonds. The van der Waals surface area contributed by atoms with Crippen LogP contribution in [0, 0.1) is 5.92 Å². The summed E-state index contributed by atoms with van der Waals surface area (Å²) in [6.45, 7) is 9.23. The van der Waals surface area contributed by atoms with Gasteiger partial charge in [0.1, 0.15) is 0 Å². The summed E-state index contributed by atoms with van der Waals surface area (Å²) in [6.07, 6.45) is 7.52. The highest BCUT2D eigenvalue weighted by Gasteiger charge is 2.04. The van der Waals surface area contributed by atoms with Gasteiger partial charge < -0.3 is 15.1 Å². The summed E-state index contributed by atoms with van der Waals surface area (Å²) in [6, 6.07) is 0.542. The van der Waals surface area contributed by atoms with E-state index in [-0.39, 0.29) is 0 Å². The second kappa shape index (κ2) is 10.7. The Morgan fingerprint density at radius 1 is 1.05 bits per heavy atom. The Hall–Kier alpha value is -1.10. The highest BCUT2D eigenvalue weighted by molar-refractivity contribution is 5.16. The molecule has 0 atom stereocenters. The van der Waals surface area contributed by atoms with Crippen molar-refractivity contribution in [2.75, 3.05) is 18.4 Å². The van der Waals surface area contributed by atoms with Crippen LogP contribution in [-0.4, -0.2) is 23.3 Å². The van der Waals surface area contributed by atoms with Gasteiger partial charge in [-0.3, -0.25) is 0 Å². The fraction of sp³-hybridized carbons (Fsp3) is 0.867. The molecule has 0 radical (unpaired) electrons. The van der Waals surface area contributed by atoms with Gasteiger partial charge in [-0.25, -0.2) is 0 Å². The average Bonchev–Trinajstić information content (AvgIpc) is 2.85. The lowest BCUT2D eigenvalue weighted by Gasteiger charge is -2.04. The molecule has 2 N–H and O–H groups in total. The summed E-state index contributed by atoms with van der Waals surface area (Å²) in [4.78, 5) is 0. The number of rotatable bonds is 12. The monoisotopic (exact) mass is 282 g/mol. The van der Waals surface area contributed by atoms with Crippen LogP contribution in [-0.2, 0) is 6.54 Å². The molecule has 20 heavy (non-hydrogen) atoms. The van der Waals surface area contributed by atoms with E-state index in [1.807, 2.05) is 0 Å². The topological polar surface area (TPSA) is 63.0 Å². The van der Waals surface area contributed by atoms with Crippen LogP contribution in [0.1, 0.15) is 65.2 Å². The van der Waals surface area contributed by atoms with Gasteiger partial charge in [0.15, 0.2) is 0 Å². The quantitative estimate of drug-likeness (QED) is 0.574. The lowest BCUT2D eigenvalue weighted by atomic mass is 10.0. The molecule has 0 aromatic carbocycles. The summed E-state index contributed by atoms with van der Waals surface area (Å²) in [5.74, 6) is 1.48. The molecule has 5 heteroatoms. The molecule has 0 aliphatic rings. The predicted molar refractivity (Wildman–Crippen MR) is 82.7 cm³/mol. The first kappa shape index (κ1) is 17.0. The van der Waals surface area contributed by atoms with E-state index in [9.17, 15) is 0 Å². The Labute approximate surface area is 122 Å². The standard InChI is InChI=1S/C15H30N4O/c1-4-10-16-12-14-18-19-15(20-14)17-11-8-6-5-7-9-13(2)3/h13,16H,4-12H2,1-3H3,(H,17,19). The molecule has 5 nitrogen and oxygen atoms in total. The minimum absolute atomic E-state index is 0.542. The Kier molecular flexibility index (Phi) is 9.04. The maximum Gasteiger partial charge on any atom is 0.315 e. The zero-order valence-electron chi connectivity index (χ0n) is 13.2. The highest BCUT2D eigenvalue weighted by atomic mass is 16.4. The van der Waals surface area contributed by atoms with Crippen molar-refractivity contribution >= 4 is 6.01 Å². The molecule has 1 heterocycles. The van der Waals surface area contributed by atoms with Crippen LogP contribution in [0.25, 0.3) is 0 Å². The van der Waals surface area contributed by atoms with Crippen LogP contribution in [0.15, 0.2) is 4.42 Å². The number of aromatic nitrogens is 2. The van der Waals surface area contributed by atoms with Gasteiger partial charge in [0.2, 0.25) is 5.89 Å². The molecule has 0 bridgehead atoms. The van der Waals surface area contributed by atoms with Gasteiger partial charge in [-0.05, 0) is 25.3 Å². The zero-order chi connectivity index (χ0) is 14.6. The molecule has 0 aliphatic carbocycles. The van der Waals surface area contributed by atoms with Crippen molar-refractivity contribution in [3.8, 4) is 0 Å². The van der Waals surface area contributed by atoms with Gasteiger partial charge in [0.25, 0.3) is 0 Å². The lowest BCUT2D eigenvalue weighted by molar-refractivity contribution is 0.475. The van der Waals surface area contributed by atoms with Gasteiger partial charge in [0.05, 0.1) is 6.54 Å². The smallest absolute Gasteiger partial charge is 0.315 e. The molecular weight excluding hydrogens is 252 g/mol. The van der Waals surface area contributed by atoms with Gasteiger partial charge >= 0.3 is 6.01 Å². The van der Waals surface area contributed by atoms with E-state index < -0.39 is 0 Å². The molecule has 0 saturated carbocycles. The SMILES string of the molecule is CCCNCc1nnc(NCCCCCCC(C)C)o1. The number of unbranched alkanes of at least 4 members (excludes halogenated alkanes) is 3. The third-order valence-corrected chi connectivity index (χ3v) is 3.15. The van der Waals surface area contributed by atoms with Gasteiger partial charge in [0, 0.05) is 6.54 Å². The number of hydrogen-bond donors (Lipinski definition) is 2. The van der Waals surface area contributed by atoms with E-state index >= 15 is 0 Å². The van der Waals surface area contributed by atoms with E-state index in [0.717, 1.165) is 31.8 Å². The normalized spacial score (nSPS) is 11.2. The molecular formula is C15H30N4O. The summed E-state index contributed by atoms with van der Waals surface area (Å²) in [5.41, 5.74) is 0. The lowest BCUT2D eigenvalue weighted by Crippen LogP contribution is -2.13. The number of nitrogens with zero attached hydrogens (tertiary/aromatic N) is 2. The molecule has 0 unspecified atom stereocenters. The van der Waals surface area contributed by atoms with Crippen molar-refractivity contribution < 1.29 is 4.42 Å². The Morgan fingerprint density at radius 3 is 2.60 bits per heavy atom. The van der Waals surface area contributed by atoms with Gasteiger partial charge in [-0.15, -0.1) is 5.10 Å².